The molecular weight excluding hydrogens is 799 g/mol. The van der Waals surface area contributed by atoms with Crippen LogP contribution in [0.15, 0.2) is 261 Å². The van der Waals surface area contributed by atoms with Gasteiger partial charge in [-0.3, -0.25) is 0 Å². The van der Waals surface area contributed by atoms with Crippen molar-refractivity contribution in [2.24, 2.45) is 0 Å². The second kappa shape index (κ2) is 16.7. The molecule has 0 N–H and O–H groups in total. The fourth-order valence-corrected chi connectivity index (χ4v) is 9.62. The molecule has 310 valence electrons. The third kappa shape index (κ3) is 7.10. The third-order valence-corrected chi connectivity index (χ3v) is 12.8. The second-order valence-electron chi connectivity index (χ2n) is 16.8. The van der Waals surface area contributed by atoms with Crippen molar-refractivity contribution in [1.82, 2.24) is 14.3 Å². The van der Waals surface area contributed by atoms with Crippen LogP contribution in [0.3, 0.4) is 0 Å². The zero-order valence-electron chi connectivity index (χ0n) is 36.2. The van der Waals surface area contributed by atoms with Gasteiger partial charge in [-0.2, -0.15) is 5.10 Å². The van der Waals surface area contributed by atoms with Crippen molar-refractivity contribution >= 4 is 21.8 Å². The van der Waals surface area contributed by atoms with Crippen LogP contribution in [-0.4, -0.2) is 14.3 Å². The highest BCUT2D eigenvalue weighted by Gasteiger charge is 2.18. The number of para-hydroxylation sites is 2. The average molecular weight is 842 g/mol. The number of hydrogen-bond donors (Lipinski definition) is 0. The Morgan fingerprint density at radius 1 is 0.258 bits per heavy atom. The van der Waals surface area contributed by atoms with Crippen molar-refractivity contribution in [3.8, 4) is 89.5 Å². The molecule has 0 bridgehead atoms. The Morgan fingerprint density at radius 3 is 1.41 bits per heavy atom. The molecule has 2 aromatic heterocycles. The maximum absolute atomic E-state index is 5.35. The second-order valence-corrected chi connectivity index (χ2v) is 16.8. The molecule has 0 aliphatic heterocycles. The van der Waals surface area contributed by atoms with Gasteiger partial charge in [0, 0.05) is 27.6 Å². The molecule has 12 aromatic rings. The van der Waals surface area contributed by atoms with E-state index in [2.05, 4.69) is 270 Å². The van der Waals surface area contributed by atoms with Crippen LogP contribution in [0.2, 0.25) is 0 Å². The molecule has 0 unspecified atom stereocenters. The molecule has 12 rings (SSSR count). The summed E-state index contributed by atoms with van der Waals surface area (Å²) in [5.74, 6) is 0. The number of benzene rings is 10. The highest BCUT2D eigenvalue weighted by Crippen LogP contribution is 2.41. The quantitative estimate of drug-likeness (QED) is 0.142. The van der Waals surface area contributed by atoms with E-state index < -0.39 is 0 Å². The number of rotatable bonds is 9. The largest absolute Gasteiger partial charge is 0.309 e. The van der Waals surface area contributed by atoms with Gasteiger partial charge in [0.05, 0.1) is 28.1 Å². The van der Waals surface area contributed by atoms with Crippen molar-refractivity contribution in [2.75, 3.05) is 0 Å². The lowest BCUT2D eigenvalue weighted by atomic mass is 9.89. The monoisotopic (exact) mass is 841 g/mol. The number of fused-ring (bicyclic) bond motifs is 3. The molecular formula is C63H43N3. The van der Waals surface area contributed by atoms with Gasteiger partial charge in [-0.05, 0) is 116 Å². The molecule has 2 heterocycles. The third-order valence-electron chi connectivity index (χ3n) is 12.8. The molecule has 3 nitrogen and oxygen atoms in total. The highest BCUT2D eigenvalue weighted by atomic mass is 15.3. The minimum atomic E-state index is 0.918. The molecule has 0 saturated carbocycles. The molecule has 66 heavy (non-hydrogen) atoms. The Hall–Kier alpha value is -8.79. The van der Waals surface area contributed by atoms with Crippen LogP contribution in [0.25, 0.3) is 111 Å². The average Bonchev–Trinajstić information content (AvgIpc) is 4.00. The van der Waals surface area contributed by atoms with Crippen molar-refractivity contribution in [3.63, 3.8) is 0 Å². The molecule has 0 radical (unpaired) electrons. The van der Waals surface area contributed by atoms with Crippen LogP contribution in [0.1, 0.15) is 0 Å². The van der Waals surface area contributed by atoms with Gasteiger partial charge >= 0.3 is 0 Å². The van der Waals surface area contributed by atoms with Gasteiger partial charge in [0.25, 0.3) is 0 Å². The topological polar surface area (TPSA) is 22.8 Å². The minimum absolute atomic E-state index is 0.918. The van der Waals surface area contributed by atoms with E-state index in [9.17, 15) is 0 Å². The van der Waals surface area contributed by atoms with Crippen molar-refractivity contribution in [3.05, 3.63) is 261 Å². The fourth-order valence-electron chi connectivity index (χ4n) is 9.62. The van der Waals surface area contributed by atoms with Gasteiger partial charge in [0.15, 0.2) is 0 Å². The molecule has 10 aromatic carbocycles. The van der Waals surface area contributed by atoms with E-state index in [1.807, 2.05) is 0 Å². The van der Waals surface area contributed by atoms with Crippen molar-refractivity contribution in [1.29, 1.82) is 0 Å². The molecule has 0 fully saturated rings. The molecule has 0 aliphatic carbocycles. The predicted octanol–water partition coefficient (Wildman–Crippen LogP) is 16.6. The van der Waals surface area contributed by atoms with E-state index >= 15 is 0 Å². The summed E-state index contributed by atoms with van der Waals surface area (Å²) >= 11 is 0. The Labute approximate surface area is 384 Å². The first kappa shape index (κ1) is 38.9. The molecule has 0 saturated heterocycles. The summed E-state index contributed by atoms with van der Waals surface area (Å²) < 4.78 is 4.47. The number of hydrogen-bond acceptors (Lipinski definition) is 1. The molecule has 0 spiro atoms. The Kier molecular flexibility index (Phi) is 9.85. The Morgan fingerprint density at radius 2 is 0.742 bits per heavy atom. The van der Waals surface area contributed by atoms with Gasteiger partial charge in [-0.15, -0.1) is 0 Å². The van der Waals surface area contributed by atoms with E-state index in [0.717, 1.165) is 45.0 Å². The number of aromatic nitrogens is 3. The van der Waals surface area contributed by atoms with Gasteiger partial charge in [-0.25, -0.2) is 4.68 Å². The van der Waals surface area contributed by atoms with Gasteiger partial charge in [0.1, 0.15) is 0 Å². The van der Waals surface area contributed by atoms with Gasteiger partial charge < -0.3 is 4.57 Å². The van der Waals surface area contributed by atoms with E-state index in [4.69, 9.17) is 5.10 Å². The van der Waals surface area contributed by atoms with E-state index in [-0.39, 0.29) is 0 Å². The van der Waals surface area contributed by atoms with Crippen LogP contribution in [-0.2, 0) is 0 Å². The Bertz CT molecular complexity index is 3680. The zero-order valence-corrected chi connectivity index (χ0v) is 36.2. The fraction of sp³-hybridized carbons (Fsp3) is 0. The van der Waals surface area contributed by atoms with Crippen LogP contribution in [0.4, 0.5) is 0 Å². The van der Waals surface area contributed by atoms with E-state index in [1.165, 1.54) is 66.3 Å². The standard InChI is InChI=1S/C63H43N3/c1-4-18-44(19-5-1)47-22-16-24-50(40-47)60-43-63(51-25-17-23-48(41-51)45-20-6-2-7-21-45)66(64-60)53-37-34-46(35-38-53)54-28-10-12-30-56(54)57-31-13-11-29-55(57)49-36-39-62-59(42-49)58-32-14-15-33-61(58)65(62)52-26-8-3-9-27-52/h1-43H. The first-order valence-electron chi connectivity index (χ1n) is 22.5. The normalized spacial score (nSPS) is 11.3. The minimum Gasteiger partial charge on any atom is -0.309 e. The summed E-state index contributed by atoms with van der Waals surface area (Å²) in [5, 5.41) is 7.83. The number of nitrogens with zero attached hydrogens (tertiary/aromatic N) is 3. The maximum atomic E-state index is 5.35. The van der Waals surface area contributed by atoms with Crippen LogP contribution in [0.5, 0.6) is 0 Å². The first-order chi connectivity index (χ1) is 32.7. The molecule has 3 heteroatoms. The SMILES string of the molecule is c1ccc(-c2cccc(-c3cc(-c4cccc(-c5ccccc5)c4)n(-c4ccc(-c5ccccc5-c5ccccc5-c5ccc6c(c5)c5ccccc5n6-c5ccccc5)cc4)n3)c2)cc1. The summed E-state index contributed by atoms with van der Waals surface area (Å²) in [4.78, 5) is 0. The summed E-state index contributed by atoms with van der Waals surface area (Å²) in [6, 6.07) is 93.6. The van der Waals surface area contributed by atoms with Crippen molar-refractivity contribution in [2.45, 2.75) is 0 Å². The molecule has 0 aliphatic rings. The summed E-state index contributed by atoms with van der Waals surface area (Å²) in [5.41, 5.74) is 20.4. The smallest absolute Gasteiger partial charge is 0.0934 e. The maximum Gasteiger partial charge on any atom is 0.0934 e. The molecule has 0 atom stereocenters. The molecule has 0 amide bonds. The summed E-state index contributed by atoms with van der Waals surface area (Å²) in [7, 11) is 0. The van der Waals surface area contributed by atoms with Gasteiger partial charge in [-0.1, -0.05) is 200 Å². The Balaban J connectivity index is 0.939. The summed E-state index contributed by atoms with van der Waals surface area (Å²) in [6.45, 7) is 0. The van der Waals surface area contributed by atoms with E-state index in [1.54, 1.807) is 0 Å². The first-order valence-corrected chi connectivity index (χ1v) is 22.5. The predicted molar refractivity (Wildman–Crippen MR) is 276 cm³/mol. The van der Waals surface area contributed by atoms with Gasteiger partial charge in [0.2, 0.25) is 0 Å². The lowest BCUT2D eigenvalue weighted by molar-refractivity contribution is 0.892. The van der Waals surface area contributed by atoms with Crippen molar-refractivity contribution < 1.29 is 0 Å². The zero-order chi connectivity index (χ0) is 43.8. The van der Waals surface area contributed by atoms with E-state index in [0.29, 0.717) is 0 Å². The van der Waals surface area contributed by atoms with Crippen LogP contribution in [0, 0.1) is 0 Å². The van der Waals surface area contributed by atoms with Crippen LogP contribution >= 0.6 is 0 Å². The lowest BCUT2D eigenvalue weighted by Gasteiger charge is -2.16. The lowest BCUT2D eigenvalue weighted by Crippen LogP contribution is -1.99. The highest BCUT2D eigenvalue weighted by molar-refractivity contribution is 6.11. The van der Waals surface area contributed by atoms with Crippen LogP contribution < -0.4 is 0 Å². The summed E-state index contributed by atoms with van der Waals surface area (Å²) in [6.07, 6.45) is 0.